The average Bonchev–Trinajstić information content (AvgIpc) is 2.65. The molecule has 0 radical (unpaired) electrons. The Morgan fingerprint density at radius 1 is 1.40 bits per heavy atom. The fourth-order valence-electron chi connectivity index (χ4n) is 1.62. The number of benzene rings is 1. The number of carboxylic acid groups (broad SMARTS) is 1. The van der Waals surface area contributed by atoms with Crippen LogP contribution < -0.4 is 9.47 Å². The van der Waals surface area contributed by atoms with E-state index in [1.165, 1.54) is 0 Å². The Labute approximate surface area is 87.4 Å². The monoisotopic (exact) mass is 208 g/mol. The summed E-state index contributed by atoms with van der Waals surface area (Å²) in [6.07, 6.45) is 1.51. The number of carboxylic acids is 1. The molecule has 0 fully saturated rings. The van der Waals surface area contributed by atoms with Gasteiger partial charge in [-0.1, -0.05) is 12.1 Å². The van der Waals surface area contributed by atoms with Crippen molar-refractivity contribution in [1.82, 2.24) is 0 Å². The molecule has 0 saturated carbocycles. The molecular weight excluding hydrogens is 196 g/mol. The van der Waals surface area contributed by atoms with Crippen molar-refractivity contribution in [1.29, 1.82) is 0 Å². The molecule has 0 amide bonds. The minimum atomic E-state index is -0.764. The van der Waals surface area contributed by atoms with Gasteiger partial charge in [-0.2, -0.15) is 0 Å². The van der Waals surface area contributed by atoms with Gasteiger partial charge in [0.25, 0.3) is 0 Å². The van der Waals surface area contributed by atoms with Crippen LogP contribution in [-0.4, -0.2) is 17.9 Å². The highest BCUT2D eigenvalue weighted by Crippen LogP contribution is 2.35. The van der Waals surface area contributed by atoms with E-state index >= 15 is 0 Å². The lowest BCUT2D eigenvalue weighted by molar-refractivity contribution is -0.137. The van der Waals surface area contributed by atoms with E-state index in [0.29, 0.717) is 12.8 Å². The summed E-state index contributed by atoms with van der Waals surface area (Å²) in [4.78, 5) is 10.4. The highest BCUT2D eigenvalue weighted by Gasteiger charge is 2.16. The normalized spacial score (nSPS) is 12.8. The summed E-state index contributed by atoms with van der Waals surface area (Å²) in [5, 5.41) is 8.53. The summed E-state index contributed by atoms with van der Waals surface area (Å²) in [7, 11) is 0. The average molecular weight is 208 g/mol. The standard InChI is InChI=1S/C11H12O4/c12-10(13)6-2-4-8-3-1-5-9-11(8)15-7-14-9/h1,3,5H,2,4,6-7H2,(H,12,13). The molecule has 1 heterocycles. The van der Waals surface area contributed by atoms with Gasteiger partial charge < -0.3 is 14.6 Å². The quantitative estimate of drug-likeness (QED) is 0.820. The first kappa shape index (κ1) is 9.83. The van der Waals surface area contributed by atoms with Gasteiger partial charge >= 0.3 is 5.97 Å². The van der Waals surface area contributed by atoms with Crippen LogP contribution in [0, 0.1) is 0 Å². The Bertz CT molecular complexity index is 373. The van der Waals surface area contributed by atoms with E-state index in [9.17, 15) is 4.79 Å². The van der Waals surface area contributed by atoms with E-state index in [0.717, 1.165) is 17.1 Å². The Morgan fingerprint density at radius 3 is 3.07 bits per heavy atom. The molecule has 0 aromatic heterocycles. The SMILES string of the molecule is O=C(O)CCCc1cccc2c1OCO2. The maximum Gasteiger partial charge on any atom is 0.303 e. The Balaban J connectivity index is 2.02. The predicted octanol–water partition coefficient (Wildman–Crippen LogP) is 1.82. The summed E-state index contributed by atoms with van der Waals surface area (Å²) in [6, 6.07) is 5.68. The van der Waals surface area contributed by atoms with Crippen LogP contribution in [0.3, 0.4) is 0 Å². The van der Waals surface area contributed by atoms with Crippen molar-refractivity contribution in [2.45, 2.75) is 19.3 Å². The van der Waals surface area contributed by atoms with Crippen LogP contribution in [0.2, 0.25) is 0 Å². The molecule has 4 heteroatoms. The summed E-state index contributed by atoms with van der Waals surface area (Å²) in [5.41, 5.74) is 1.02. The lowest BCUT2D eigenvalue weighted by Gasteiger charge is -2.04. The largest absolute Gasteiger partial charge is 0.481 e. The van der Waals surface area contributed by atoms with Gasteiger partial charge in [0.1, 0.15) is 0 Å². The third-order valence-electron chi connectivity index (χ3n) is 2.31. The van der Waals surface area contributed by atoms with Gasteiger partial charge in [-0.25, -0.2) is 0 Å². The van der Waals surface area contributed by atoms with E-state index in [4.69, 9.17) is 14.6 Å². The summed E-state index contributed by atoms with van der Waals surface area (Å²) in [6.45, 7) is 0.255. The van der Waals surface area contributed by atoms with E-state index < -0.39 is 5.97 Å². The summed E-state index contributed by atoms with van der Waals surface area (Å²) in [5.74, 6) is 0.755. The zero-order valence-corrected chi connectivity index (χ0v) is 8.23. The molecule has 0 aliphatic carbocycles. The van der Waals surface area contributed by atoms with Crippen molar-refractivity contribution < 1.29 is 19.4 Å². The van der Waals surface area contributed by atoms with Crippen LogP contribution in [0.25, 0.3) is 0 Å². The van der Waals surface area contributed by atoms with E-state index in [-0.39, 0.29) is 13.2 Å². The van der Waals surface area contributed by atoms with Crippen molar-refractivity contribution in [3.63, 3.8) is 0 Å². The molecule has 0 unspecified atom stereocenters. The number of aryl methyl sites for hydroxylation is 1. The maximum absolute atomic E-state index is 10.4. The van der Waals surface area contributed by atoms with Crippen molar-refractivity contribution in [2.24, 2.45) is 0 Å². The number of carbonyl (C=O) groups is 1. The Hall–Kier alpha value is -1.71. The van der Waals surface area contributed by atoms with Gasteiger partial charge in [-0.05, 0) is 24.5 Å². The highest BCUT2D eigenvalue weighted by atomic mass is 16.7. The van der Waals surface area contributed by atoms with Crippen molar-refractivity contribution in [3.05, 3.63) is 23.8 Å². The summed E-state index contributed by atoms with van der Waals surface area (Å²) >= 11 is 0. The first-order valence-corrected chi connectivity index (χ1v) is 4.86. The van der Waals surface area contributed by atoms with Crippen LogP contribution >= 0.6 is 0 Å². The van der Waals surface area contributed by atoms with Crippen LogP contribution in [0.1, 0.15) is 18.4 Å². The van der Waals surface area contributed by atoms with Gasteiger partial charge in [0.15, 0.2) is 11.5 Å². The molecule has 0 bridgehead atoms. The van der Waals surface area contributed by atoms with Gasteiger partial charge in [0.2, 0.25) is 6.79 Å². The third kappa shape index (κ3) is 2.21. The van der Waals surface area contributed by atoms with Crippen LogP contribution in [-0.2, 0) is 11.2 Å². The number of fused-ring (bicyclic) bond motifs is 1. The second-order valence-corrected chi connectivity index (χ2v) is 3.40. The lowest BCUT2D eigenvalue weighted by atomic mass is 10.1. The number of rotatable bonds is 4. The molecule has 1 aliphatic rings. The topological polar surface area (TPSA) is 55.8 Å². The second kappa shape index (κ2) is 4.21. The second-order valence-electron chi connectivity index (χ2n) is 3.40. The zero-order valence-electron chi connectivity index (χ0n) is 8.23. The molecular formula is C11H12O4. The van der Waals surface area contributed by atoms with Gasteiger partial charge in [0.05, 0.1) is 0 Å². The lowest BCUT2D eigenvalue weighted by Crippen LogP contribution is -1.97. The molecule has 0 atom stereocenters. The van der Waals surface area contributed by atoms with Crippen LogP contribution in [0.15, 0.2) is 18.2 Å². The molecule has 2 rings (SSSR count). The van der Waals surface area contributed by atoms with Crippen molar-refractivity contribution in [2.75, 3.05) is 6.79 Å². The van der Waals surface area contributed by atoms with Crippen LogP contribution in [0.5, 0.6) is 11.5 Å². The van der Waals surface area contributed by atoms with Gasteiger partial charge in [-0.15, -0.1) is 0 Å². The number of ether oxygens (including phenoxy) is 2. The predicted molar refractivity (Wildman–Crippen MR) is 53.1 cm³/mol. The van der Waals surface area contributed by atoms with E-state index in [2.05, 4.69) is 0 Å². The molecule has 1 N–H and O–H groups in total. The number of hydrogen-bond donors (Lipinski definition) is 1. The van der Waals surface area contributed by atoms with E-state index in [1.807, 2.05) is 18.2 Å². The molecule has 1 aromatic rings. The van der Waals surface area contributed by atoms with Gasteiger partial charge in [-0.3, -0.25) is 4.79 Å². The highest BCUT2D eigenvalue weighted by molar-refractivity contribution is 5.66. The number of aliphatic carboxylic acids is 1. The first-order valence-electron chi connectivity index (χ1n) is 4.86. The Kier molecular flexibility index (Phi) is 2.76. The number of para-hydroxylation sites is 1. The fraction of sp³-hybridized carbons (Fsp3) is 0.364. The zero-order chi connectivity index (χ0) is 10.7. The van der Waals surface area contributed by atoms with Crippen LogP contribution in [0.4, 0.5) is 0 Å². The molecule has 0 spiro atoms. The summed E-state index contributed by atoms with van der Waals surface area (Å²) < 4.78 is 10.5. The maximum atomic E-state index is 10.4. The number of hydrogen-bond acceptors (Lipinski definition) is 3. The van der Waals surface area contributed by atoms with Gasteiger partial charge in [0, 0.05) is 6.42 Å². The molecule has 1 aromatic carbocycles. The smallest absolute Gasteiger partial charge is 0.303 e. The molecule has 80 valence electrons. The molecule has 1 aliphatic heterocycles. The van der Waals surface area contributed by atoms with E-state index in [1.54, 1.807) is 0 Å². The van der Waals surface area contributed by atoms with Crippen molar-refractivity contribution in [3.8, 4) is 11.5 Å². The molecule has 15 heavy (non-hydrogen) atoms. The molecule has 0 saturated heterocycles. The Morgan fingerprint density at radius 2 is 2.27 bits per heavy atom. The minimum absolute atomic E-state index is 0.185. The minimum Gasteiger partial charge on any atom is -0.481 e. The molecule has 4 nitrogen and oxygen atoms in total. The fourth-order valence-corrected chi connectivity index (χ4v) is 1.62. The van der Waals surface area contributed by atoms with Crippen molar-refractivity contribution >= 4 is 5.97 Å². The first-order chi connectivity index (χ1) is 7.27. The third-order valence-corrected chi connectivity index (χ3v) is 2.31.